The first kappa shape index (κ1) is 15.9. The lowest BCUT2D eigenvalue weighted by Crippen LogP contribution is -2.35. The van der Waals surface area contributed by atoms with Crippen LogP contribution in [0.5, 0.6) is 0 Å². The van der Waals surface area contributed by atoms with Crippen LogP contribution in [-0.4, -0.2) is 29.7 Å². The minimum atomic E-state index is -0.773. The number of hydrogen-bond donors (Lipinski definition) is 1. The topological polar surface area (TPSA) is 78.6 Å². The SMILES string of the molecule is CC(C)OC(=O)[C@@H](N)CCC(=O)OC(C)(C)C. The van der Waals surface area contributed by atoms with Crippen LogP contribution in [0.4, 0.5) is 0 Å². The van der Waals surface area contributed by atoms with Crippen molar-refractivity contribution in [1.82, 2.24) is 0 Å². The fourth-order valence-corrected chi connectivity index (χ4v) is 1.10. The lowest BCUT2D eigenvalue weighted by Gasteiger charge is -2.20. The van der Waals surface area contributed by atoms with Crippen LogP contribution in [0.15, 0.2) is 0 Å². The third kappa shape index (κ3) is 8.68. The van der Waals surface area contributed by atoms with Gasteiger partial charge in [0, 0.05) is 6.42 Å². The maximum atomic E-state index is 11.4. The van der Waals surface area contributed by atoms with E-state index < -0.39 is 17.6 Å². The molecule has 0 fully saturated rings. The van der Waals surface area contributed by atoms with E-state index in [9.17, 15) is 9.59 Å². The van der Waals surface area contributed by atoms with Crippen molar-refractivity contribution in [2.75, 3.05) is 0 Å². The Morgan fingerprint density at radius 3 is 2.18 bits per heavy atom. The minimum Gasteiger partial charge on any atom is -0.462 e. The summed E-state index contributed by atoms with van der Waals surface area (Å²) in [4.78, 5) is 22.7. The summed E-state index contributed by atoms with van der Waals surface area (Å²) in [6.07, 6.45) is 0.154. The number of hydrogen-bond acceptors (Lipinski definition) is 5. The van der Waals surface area contributed by atoms with Crippen LogP contribution < -0.4 is 5.73 Å². The molecule has 1 atom stereocenters. The molecule has 17 heavy (non-hydrogen) atoms. The zero-order valence-electron chi connectivity index (χ0n) is 11.3. The molecule has 0 radical (unpaired) electrons. The van der Waals surface area contributed by atoms with Gasteiger partial charge >= 0.3 is 11.9 Å². The van der Waals surface area contributed by atoms with Gasteiger partial charge in [-0.2, -0.15) is 0 Å². The van der Waals surface area contributed by atoms with Crippen LogP contribution in [0.2, 0.25) is 0 Å². The molecule has 5 nitrogen and oxygen atoms in total. The Balaban J connectivity index is 3.95. The van der Waals surface area contributed by atoms with E-state index in [1.54, 1.807) is 34.6 Å². The molecular weight excluding hydrogens is 222 g/mol. The molecule has 0 bridgehead atoms. The van der Waals surface area contributed by atoms with E-state index in [0.29, 0.717) is 0 Å². The van der Waals surface area contributed by atoms with Crippen molar-refractivity contribution in [2.45, 2.75) is 65.2 Å². The summed E-state index contributed by atoms with van der Waals surface area (Å²) in [5, 5.41) is 0. The van der Waals surface area contributed by atoms with Crippen molar-refractivity contribution in [1.29, 1.82) is 0 Å². The summed E-state index contributed by atoms with van der Waals surface area (Å²) in [5.41, 5.74) is 5.08. The summed E-state index contributed by atoms with van der Waals surface area (Å²) in [7, 11) is 0. The van der Waals surface area contributed by atoms with Gasteiger partial charge in [0.15, 0.2) is 0 Å². The van der Waals surface area contributed by atoms with Gasteiger partial charge in [-0.3, -0.25) is 9.59 Å². The number of rotatable bonds is 5. The fourth-order valence-electron chi connectivity index (χ4n) is 1.10. The zero-order chi connectivity index (χ0) is 13.6. The van der Waals surface area contributed by atoms with Gasteiger partial charge in [0.25, 0.3) is 0 Å². The highest BCUT2D eigenvalue weighted by atomic mass is 16.6. The van der Waals surface area contributed by atoms with E-state index in [4.69, 9.17) is 15.2 Å². The van der Waals surface area contributed by atoms with Gasteiger partial charge in [-0.25, -0.2) is 0 Å². The van der Waals surface area contributed by atoms with Crippen LogP contribution in [0, 0.1) is 0 Å². The largest absolute Gasteiger partial charge is 0.462 e. The van der Waals surface area contributed by atoms with Gasteiger partial charge in [0.05, 0.1) is 6.10 Å². The Hall–Kier alpha value is -1.10. The van der Waals surface area contributed by atoms with Crippen LogP contribution in [0.1, 0.15) is 47.5 Å². The Bertz CT molecular complexity index is 268. The third-order valence-corrected chi connectivity index (χ3v) is 1.73. The molecule has 0 saturated heterocycles. The van der Waals surface area contributed by atoms with Crippen molar-refractivity contribution in [2.24, 2.45) is 5.73 Å². The average molecular weight is 245 g/mol. The molecule has 100 valence electrons. The first-order valence-electron chi connectivity index (χ1n) is 5.79. The third-order valence-electron chi connectivity index (χ3n) is 1.73. The molecule has 0 heterocycles. The zero-order valence-corrected chi connectivity index (χ0v) is 11.3. The van der Waals surface area contributed by atoms with E-state index in [1.165, 1.54) is 0 Å². The predicted molar refractivity (Wildman–Crippen MR) is 64.3 cm³/mol. The molecule has 0 aromatic rings. The number of carbonyl (C=O) groups is 2. The molecular formula is C12H23NO4. The Kier molecular flexibility index (Phi) is 6.16. The number of carbonyl (C=O) groups excluding carboxylic acids is 2. The summed E-state index contributed by atoms with van der Waals surface area (Å²) < 4.78 is 10.0. The monoisotopic (exact) mass is 245 g/mol. The highest BCUT2D eigenvalue weighted by molar-refractivity contribution is 5.77. The average Bonchev–Trinajstić information content (AvgIpc) is 2.10. The second-order valence-corrected chi connectivity index (χ2v) is 5.22. The second kappa shape index (κ2) is 6.59. The quantitative estimate of drug-likeness (QED) is 0.740. The summed E-state index contributed by atoms with van der Waals surface area (Å²) in [5.74, 6) is -0.839. The van der Waals surface area contributed by atoms with E-state index in [1.807, 2.05) is 0 Å². The molecule has 2 N–H and O–H groups in total. The van der Waals surface area contributed by atoms with Crippen molar-refractivity contribution in [3.8, 4) is 0 Å². The smallest absolute Gasteiger partial charge is 0.323 e. The Morgan fingerprint density at radius 2 is 1.76 bits per heavy atom. The number of ether oxygens (including phenoxy) is 2. The molecule has 5 heteroatoms. The van der Waals surface area contributed by atoms with Crippen LogP contribution in [0.3, 0.4) is 0 Å². The normalized spacial score (nSPS) is 13.4. The molecule has 0 aliphatic heterocycles. The lowest BCUT2D eigenvalue weighted by atomic mass is 10.1. The van der Waals surface area contributed by atoms with Crippen LogP contribution in [0.25, 0.3) is 0 Å². The first-order chi connectivity index (χ1) is 7.61. The molecule has 0 amide bonds. The van der Waals surface area contributed by atoms with E-state index in [2.05, 4.69) is 0 Å². The minimum absolute atomic E-state index is 0.117. The van der Waals surface area contributed by atoms with Crippen molar-refractivity contribution >= 4 is 11.9 Å². The summed E-state index contributed by atoms with van der Waals surface area (Å²) in [6.45, 7) is 8.87. The van der Waals surface area contributed by atoms with E-state index >= 15 is 0 Å². The molecule has 0 aromatic carbocycles. The van der Waals surface area contributed by atoms with Crippen molar-refractivity contribution < 1.29 is 19.1 Å². The van der Waals surface area contributed by atoms with E-state index in [-0.39, 0.29) is 24.9 Å². The summed E-state index contributed by atoms with van der Waals surface area (Å²) >= 11 is 0. The maximum Gasteiger partial charge on any atom is 0.323 e. The van der Waals surface area contributed by atoms with Gasteiger partial charge in [-0.05, 0) is 41.0 Å². The molecule has 0 saturated carbocycles. The lowest BCUT2D eigenvalue weighted by molar-refractivity contribution is -0.155. The highest BCUT2D eigenvalue weighted by Gasteiger charge is 2.20. The van der Waals surface area contributed by atoms with Crippen LogP contribution >= 0.6 is 0 Å². The van der Waals surface area contributed by atoms with Crippen LogP contribution in [-0.2, 0) is 19.1 Å². The molecule has 0 unspecified atom stereocenters. The molecule has 0 aromatic heterocycles. The van der Waals surface area contributed by atoms with E-state index in [0.717, 1.165) is 0 Å². The molecule has 0 aliphatic carbocycles. The van der Waals surface area contributed by atoms with Gasteiger partial charge in [0.1, 0.15) is 11.6 Å². The van der Waals surface area contributed by atoms with Gasteiger partial charge in [-0.1, -0.05) is 0 Å². The molecule has 0 aliphatic rings. The highest BCUT2D eigenvalue weighted by Crippen LogP contribution is 2.10. The predicted octanol–water partition coefficient (Wildman–Crippen LogP) is 1.39. The van der Waals surface area contributed by atoms with Gasteiger partial charge in [-0.15, -0.1) is 0 Å². The Morgan fingerprint density at radius 1 is 1.24 bits per heavy atom. The second-order valence-electron chi connectivity index (χ2n) is 5.22. The van der Waals surface area contributed by atoms with Gasteiger partial charge < -0.3 is 15.2 Å². The molecule has 0 spiro atoms. The summed E-state index contributed by atoms with van der Waals surface area (Å²) in [6, 6.07) is -0.773. The first-order valence-corrected chi connectivity index (χ1v) is 5.79. The number of esters is 2. The Labute approximate surface area is 103 Å². The standard InChI is InChI=1S/C12H23NO4/c1-8(2)16-11(15)9(13)6-7-10(14)17-12(3,4)5/h8-9H,6-7,13H2,1-5H3/t9-/m0/s1. The molecule has 0 rings (SSSR count). The van der Waals surface area contributed by atoms with Crippen molar-refractivity contribution in [3.05, 3.63) is 0 Å². The maximum absolute atomic E-state index is 11.4. The number of nitrogens with two attached hydrogens (primary N) is 1. The van der Waals surface area contributed by atoms with Crippen molar-refractivity contribution in [3.63, 3.8) is 0 Å². The fraction of sp³-hybridized carbons (Fsp3) is 0.833. The van der Waals surface area contributed by atoms with Gasteiger partial charge in [0.2, 0.25) is 0 Å².